The highest BCUT2D eigenvalue weighted by atomic mass is 16.2. The minimum Gasteiger partial charge on any atom is -0.335 e. The van der Waals surface area contributed by atoms with Crippen LogP contribution in [0.3, 0.4) is 0 Å². The van der Waals surface area contributed by atoms with Gasteiger partial charge in [0, 0.05) is 62.0 Å². The van der Waals surface area contributed by atoms with Crippen LogP contribution in [0.4, 0.5) is 0 Å². The molecular weight excluding hydrogens is 410 g/mol. The second kappa shape index (κ2) is 9.59. The fourth-order valence-corrected chi connectivity index (χ4v) is 6.21. The second-order valence-electron chi connectivity index (χ2n) is 10.4. The van der Waals surface area contributed by atoms with Crippen LogP contribution in [0.2, 0.25) is 0 Å². The Kier molecular flexibility index (Phi) is 6.57. The Balaban J connectivity index is 1.32. The lowest BCUT2D eigenvalue weighted by molar-refractivity contribution is 0.0656. The van der Waals surface area contributed by atoms with Crippen molar-refractivity contribution in [2.45, 2.75) is 69.9 Å². The molecule has 178 valence electrons. The Morgan fingerprint density at radius 3 is 2.55 bits per heavy atom. The van der Waals surface area contributed by atoms with Gasteiger partial charge in [-0.2, -0.15) is 5.10 Å². The highest BCUT2D eigenvalue weighted by Crippen LogP contribution is 2.41. The van der Waals surface area contributed by atoms with E-state index < -0.39 is 0 Å². The van der Waals surface area contributed by atoms with Crippen LogP contribution in [0, 0.1) is 0 Å². The van der Waals surface area contributed by atoms with Crippen molar-refractivity contribution in [3.05, 3.63) is 52.8 Å². The van der Waals surface area contributed by atoms with Crippen molar-refractivity contribution in [3.8, 4) is 0 Å². The van der Waals surface area contributed by atoms with E-state index in [9.17, 15) is 4.79 Å². The van der Waals surface area contributed by atoms with Gasteiger partial charge >= 0.3 is 0 Å². The van der Waals surface area contributed by atoms with Crippen molar-refractivity contribution in [3.63, 3.8) is 0 Å². The van der Waals surface area contributed by atoms with E-state index in [1.807, 2.05) is 4.90 Å². The maximum atomic E-state index is 13.4. The van der Waals surface area contributed by atoms with Crippen molar-refractivity contribution in [2.75, 3.05) is 39.8 Å². The summed E-state index contributed by atoms with van der Waals surface area (Å²) in [6.45, 7) is 7.46. The zero-order chi connectivity index (χ0) is 22.8. The monoisotopic (exact) mass is 449 g/mol. The second-order valence-corrected chi connectivity index (χ2v) is 10.4. The molecule has 1 aromatic heterocycles. The lowest BCUT2D eigenvalue weighted by atomic mass is 9.78. The maximum Gasteiger partial charge on any atom is 0.274 e. The highest BCUT2D eigenvalue weighted by molar-refractivity contribution is 5.94. The Morgan fingerprint density at radius 1 is 1.12 bits per heavy atom. The smallest absolute Gasteiger partial charge is 0.274 e. The number of amides is 1. The largest absolute Gasteiger partial charge is 0.335 e. The topological polar surface area (TPSA) is 53.4 Å². The predicted molar refractivity (Wildman–Crippen MR) is 132 cm³/mol. The van der Waals surface area contributed by atoms with Crippen molar-refractivity contribution in [1.29, 1.82) is 0 Å². The summed E-state index contributed by atoms with van der Waals surface area (Å²) in [4.78, 5) is 17.7. The molecule has 0 radical (unpaired) electrons. The average Bonchev–Trinajstić information content (AvgIpc) is 3.49. The summed E-state index contributed by atoms with van der Waals surface area (Å²) in [5.41, 5.74) is 4.93. The number of carbonyl (C=O) groups is 1. The van der Waals surface area contributed by atoms with Gasteiger partial charge < -0.3 is 15.1 Å². The molecule has 2 fully saturated rings. The first-order valence-electron chi connectivity index (χ1n) is 12.9. The predicted octanol–water partition coefficient (Wildman–Crippen LogP) is 3.25. The van der Waals surface area contributed by atoms with Crippen LogP contribution in [0.25, 0.3) is 0 Å². The Morgan fingerprint density at radius 2 is 1.85 bits per heavy atom. The summed E-state index contributed by atoms with van der Waals surface area (Å²) >= 11 is 0. The van der Waals surface area contributed by atoms with Crippen LogP contribution in [0.5, 0.6) is 0 Å². The highest BCUT2D eigenvalue weighted by Gasteiger charge is 2.37. The van der Waals surface area contributed by atoms with Gasteiger partial charge in [0.1, 0.15) is 0 Å². The van der Waals surface area contributed by atoms with Crippen LogP contribution >= 0.6 is 0 Å². The number of likely N-dealkylation sites (N-methyl/N-ethyl adjacent to an activating group) is 1. The number of carbonyl (C=O) groups excluding carboxylic acids is 1. The fourth-order valence-electron chi connectivity index (χ4n) is 6.21. The first-order chi connectivity index (χ1) is 16.1. The molecule has 1 aliphatic heterocycles. The van der Waals surface area contributed by atoms with Crippen molar-refractivity contribution >= 4 is 5.91 Å². The molecule has 2 aromatic rings. The third kappa shape index (κ3) is 4.47. The van der Waals surface area contributed by atoms with Gasteiger partial charge in [-0.15, -0.1) is 0 Å². The van der Waals surface area contributed by atoms with E-state index in [1.165, 1.54) is 42.5 Å². The molecule has 1 aromatic carbocycles. The van der Waals surface area contributed by atoms with Gasteiger partial charge in [0.05, 0.1) is 0 Å². The number of hydrogen-bond donors (Lipinski definition) is 1. The summed E-state index contributed by atoms with van der Waals surface area (Å²) in [6, 6.07) is 11.5. The number of nitrogens with one attached hydrogen (secondary N) is 1. The van der Waals surface area contributed by atoms with Gasteiger partial charge in [0.2, 0.25) is 0 Å². The Hall–Kier alpha value is -2.18. The molecule has 1 N–H and O–H groups in total. The van der Waals surface area contributed by atoms with Gasteiger partial charge in [-0.1, -0.05) is 43.2 Å². The summed E-state index contributed by atoms with van der Waals surface area (Å²) in [5.74, 6) is 0.128. The van der Waals surface area contributed by atoms with Gasteiger partial charge in [-0.05, 0) is 51.6 Å². The van der Waals surface area contributed by atoms with Crippen LogP contribution in [-0.2, 0) is 24.8 Å². The molecule has 3 aliphatic rings. The molecule has 1 saturated carbocycles. The SMILES string of the molecule is CCn1nc(C(=O)N2CCN(C)CC2)c2c1CC[C@H](NCC1(c3ccccc3)CCCC1)C2. The number of aryl methyl sites for hydroxylation is 1. The first kappa shape index (κ1) is 22.6. The van der Waals surface area contributed by atoms with E-state index in [-0.39, 0.29) is 11.3 Å². The third-order valence-electron chi connectivity index (χ3n) is 8.32. The van der Waals surface area contributed by atoms with Crippen LogP contribution in [0.1, 0.15) is 66.3 Å². The van der Waals surface area contributed by atoms with Gasteiger partial charge in [0.25, 0.3) is 5.91 Å². The van der Waals surface area contributed by atoms with E-state index in [2.05, 4.69) is 59.2 Å². The number of hydrogen-bond acceptors (Lipinski definition) is 4. The molecule has 0 spiro atoms. The molecule has 1 saturated heterocycles. The molecule has 6 nitrogen and oxygen atoms in total. The third-order valence-corrected chi connectivity index (χ3v) is 8.32. The summed E-state index contributed by atoms with van der Waals surface area (Å²) in [7, 11) is 2.12. The fraction of sp³-hybridized carbons (Fsp3) is 0.630. The number of rotatable bonds is 6. The number of aromatic nitrogens is 2. The molecule has 6 heteroatoms. The molecule has 1 atom stereocenters. The lowest BCUT2D eigenvalue weighted by Gasteiger charge is -2.34. The van der Waals surface area contributed by atoms with Crippen molar-refractivity contribution in [2.24, 2.45) is 0 Å². The van der Waals surface area contributed by atoms with Crippen molar-refractivity contribution in [1.82, 2.24) is 24.9 Å². The Labute approximate surface area is 198 Å². The molecule has 33 heavy (non-hydrogen) atoms. The zero-order valence-corrected chi connectivity index (χ0v) is 20.4. The number of piperazine rings is 1. The van der Waals surface area contributed by atoms with Gasteiger partial charge in [0.15, 0.2) is 5.69 Å². The summed E-state index contributed by atoms with van der Waals surface area (Å²) in [5, 5.41) is 8.78. The summed E-state index contributed by atoms with van der Waals surface area (Å²) in [6.07, 6.45) is 8.20. The van der Waals surface area contributed by atoms with Crippen LogP contribution in [0.15, 0.2) is 30.3 Å². The number of nitrogens with zero attached hydrogens (tertiary/aromatic N) is 4. The molecule has 0 unspecified atom stereocenters. The first-order valence-corrected chi connectivity index (χ1v) is 12.9. The number of fused-ring (bicyclic) bond motifs is 1. The molecular formula is C27H39N5O. The number of benzene rings is 1. The van der Waals surface area contributed by atoms with E-state index in [0.29, 0.717) is 11.7 Å². The average molecular weight is 450 g/mol. The van der Waals surface area contributed by atoms with Crippen LogP contribution in [-0.4, -0.2) is 71.3 Å². The molecule has 2 aliphatic carbocycles. The molecule has 0 bridgehead atoms. The van der Waals surface area contributed by atoms with Crippen LogP contribution < -0.4 is 5.32 Å². The van der Waals surface area contributed by atoms with Gasteiger partial charge in [-0.3, -0.25) is 9.48 Å². The van der Waals surface area contributed by atoms with Crippen molar-refractivity contribution < 1.29 is 4.79 Å². The minimum atomic E-state index is 0.128. The lowest BCUT2D eigenvalue weighted by Crippen LogP contribution is -2.47. The van der Waals surface area contributed by atoms with Gasteiger partial charge in [-0.25, -0.2) is 0 Å². The minimum absolute atomic E-state index is 0.128. The zero-order valence-electron chi connectivity index (χ0n) is 20.4. The molecule has 2 heterocycles. The molecule has 5 rings (SSSR count). The Bertz CT molecular complexity index is 954. The van der Waals surface area contributed by atoms with E-state index in [1.54, 1.807) is 0 Å². The normalized spacial score (nSPS) is 23.0. The molecule has 1 amide bonds. The van der Waals surface area contributed by atoms with E-state index in [0.717, 1.165) is 58.5 Å². The maximum absolute atomic E-state index is 13.4. The quantitative estimate of drug-likeness (QED) is 0.736. The van der Waals surface area contributed by atoms with E-state index >= 15 is 0 Å². The standard InChI is InChI=1S/C27H39N5O/c1-3-32-24-12-11-22(28-20-27(13-7-8-14-27)21-9-5-4-6-10-21)19-23(24)25(29-32)26(33)31-17-15-30(2)16-18-31/h4-6,9-10,22,28H,3,7-8,11-20H2,1-2H3/t22-/m0/s1. The van der Waals surface area contributed by atoms with E-state index in [4.69, 9.17) is 5.10 Å². The summed E-state index contributed by atoms with van der Waals surface area (Å²) < 4.78 is 2.08.